The minimum absolute atomic E-state index is 0.309. The third-order valence-corrected chi connectivity index (χ3v) is 4.85. The highest BCUT2D eigenvalue weighted by Gasteiger charge is 2.33. The maximum atomic E-state index is 12.9. The Balaban J connectivity index is 1.81. The van der Waals surface area contributed by atoms with Gasteiger partial charge in [0.05, 0.1) is 17.7 Å². The van der Waals surface area contributed by atoms with Crippen molar-refractivity contribution in [1.29, 1.82) is 0 Å². The molecule has 2 atom stereocenters. The largest absolute Gasteiger partial charge is 0.463 e. The van der Waals surface area contributed by atoms with Gasteiger partial charge in [-0.15, -0.1) is 0 Å². The number of nitrogens with zero attached hydrogens (tertiary/aromatic N) is 1. The van der Waals surface area contributed by atoms with Gasteiger partial charge in [0.1, 0.15) is 0 Å². The summed E-state index contributed by atoms with van der Waals surface area (Å²) in [6, 6.07) is 7.61. The van der Waals surface area contributed by atoms with E-state index in [9.17, 15) is 9.59 Å². The molecule has 2 aliphatic rings. The van der Waals surface area contributed by atoms with Gasteiger partial charge in [-0.05, 0) is 36.8 Å². The zero-order valence-electron chi connectivity index (χ0n) is 13.6. The molecule has 1 fully saturated rings. The Bertz CT molecular complexity index is 829. The van der Waals surface area contributed by atoms with Gasteiger partial charge in [0.15, 0.2) is 0 Å². The fourth-order valence-corrected chi connectivity index (χ4v) is 3.57. The average molecular weight is 325 g/mol. The molecule has 5 heteroatoms. The van der Waals surface area contributed by atoms with E-state index in [1.807, 2.05) is 24.3 Å². The van der Waals surface area contributed by atoms with E-state index in [4.69, 9.17) is 14.5 Å². The maximum Gasteiger partial charge on any atom is 0.347 e. The lowest BCUT2D eigenvalue weighted by atomic mass is 9.84. The molecule has 2 heterocycles. The van der Waals surface area contributed by atoms with E-state index in [2.05, 4.69) is 6.92 Å². The molecular formula is C19H19NO4. The highest BCUT2D eigenvalue weighted by atomic mass is 16.6. The van der Waals surface area contributed by atoms with Crippen molar-refractivity contribution in [1.82, 2.24) is 4.98 Å². The molecule has 1 aliphatic carbocycles. The van der Waals surface area contributed by atoms with Gasteiger partial charge in [0.2, 0.25) is 6.10 Å². The van der Waals surface area contributed by atoms with Crippen LogP contribution in [0, 0.1) is 5.92 Å². The number of esters is 2. The van der Waals surface area contributed by atoms with Crippen LogP contribution in [0.25, 0.3) is 10.9 Å². The molecule has 0 radical (unpaired) electrons. The lowest BCUT2D eigenvalue weighted by Crippen LogP contribution is -2.25. The molecule has 5 nitrogen and oxygen atoms in total. The van der Waals surface area contributed by atoms with Gasteiger partial charge in [0, 0.05) is 17.5 Å². The number of fused-ring (bicyclic) bond motifs is 2. The first-order valence-electron chi connectivity index (χ1n) is 8.41. The van der Waals surface area contributed by atoms with Crippen molar-refractivity contribution in [3.05, 3.63) is 41.1 Å². The number of aromatic nitrogens is 1. The SMILES string of the molecule is C[C@@H]1CCc2nc3ccccc3c(C(=O)O[C@H]3CCOC3=O)c2C1. The molecule has 0 saturated carbocycles. The Kier molecular flexibility index (Phi) is 3.71. The number of cyclic esters (lactones) is 1. The molecule has 1 aromatic heterocycles. The third kappa shape index (κ3) is 2.54. The number of rotatable bonds is 2. The number of pyridine rings is 1. The van der Waals surface area contributed by atoms with Gasteiger partial charge in [-0.1, -0.05) is 25.1 Å². The molecule has 0 amide bonds. The van der Waals surface area contributed by atoms with Crippen LogP contribution >= 0.6 is 0 Å². The van der Waals surface area contributed by atoms with Crippen molar-refractivity contribution in [3.63, 3.8) is 0 Å². The number of aryl methyl sites for hydroxylation is 1. The maximum absolute atomic E-state index is 12.9. The summed E-state index contributed by atoms with van der Waals surface area (Å²) in [5, 5.41) is 0.793. The van der Waals surface area contributed by atoms with E-state index < -0.39 is 18.0 Å². The molecule has 1 aromatic carbocycles. The first kappa shape index (κ1) is 15.1. The summed E-state index contributed by atoms with van der Waals surface area (Å²) >= 11 is 0. The third-order valence-electron chi connectivity index (χ3n) is 4.85. The first-order valence-corrected chi connectivity index (χ1v) is 8.41. The van der Waals surface area contributed by atoms with Crippen LogP contribution in [0.15, 0.2) is 24.3 Å². The molecule has 4 rings (SSSR count). The molecule has 124 valence electrons. The smallest absolute Gasteiger partial charge is 0.347 e. The topological polar surface area (TPSA) is 65.5 Å². The van der Waals surface area contributed by atoms with Crippen LogP contribution in [-0.2, 0) is 27.1 Å². The Morgan fingerprint density at radius 2 is 2.12 bits per heavy atom. The quantitative estimate of drug-likeness (QED) is 0.794. The summed E-state index contributed by atoms with van der Waals surface area (Å²) in [5.41, 5.74) is 3.32. The summed E-state index contributed by atoms with van der Waals surface area (Å²) in [4.78, 5) is 29.3. The van der Waals surface area contributed by atoms with Gasteiger partial charge >= 0.3 is 11.9 Å². The highest BCUT2D eigenvalue weighted by molar-refractivity contribution is 6.05. The second kappa shape index (κ2) is 5.89. The molecule has 0 spiro atoms. The van der Waals surface area contributed by atoms with Crippen LogP contribution in [-0.4, -0.2) is 29.6 Å². The molecule has 0 N–H and O–H groups in total. The van der Waals surface area contributed by atoms with E-state index in [-0.39, 0.29) is 0 Å². The number of carbonyl (C=O) groups excluding carboxylic acids is 2. The lowest BCUT2D eigenvalue weighted by Gasteiger charge is -2.24. The van der Waals surface area contributed by atoms with Crippen LogP contribution in [0.2, 0.25) is 0 Å². The molecule has 0 unspecified atom stereocenters. The fourth-order valence-electron chi connectivity index (χ4n) is 3.57. The van der Waals surface area contributed by atoms with E-state index in [0.29, 0.717) is 24.5 Å². The van der Waals surface area contributed by atoms with Gasteiger partial charge in [-0.25, -0.2) is 9.59 Å². The van der Waals surface area contributed by atoms with Crippen LogP contribution < -0.4 is 0 Å². The van der Waals surface area contributed by atoms with Crippen molar-refractivity contribution >= 4 is 22.8 Å². The van der Waals surface area contributed by atoms with E-state index in [1.54, 1.807) is 0 Å². The summed E-state index contributed by atoms with van der Waals surface area (Å²) in [5.74, 6) is -0.393. The standard InChI is InChI=1S/C19H19NO4/c1-11-6-7-15-13(10-11)17(12-4-2-3-5-14(12)20-15)19(22)24-16-8-9-23-18(16)21/h2-5,11,16H,6-10H2,1H3/t11-,16+/m1/s1. The van der Waals surface area contributed by atoms with Crippen molar-refractivity contribution < 1.29 is 19.1 Å². The number of hydrogen-bond acceptors (Lipinski definition) is 5. The van der Waals surface area contributed by atoms with Gasteiger partial charge in [0.25, 0.3) is 0 Å². The Morgan fingerprint density at radius 1 is 1.29 bits per heavy atom. The predicted octanol–water partition coefficient (Wildman–Crippen LogP) is 2.83. The Morgan fingerprint density at radius 3 is 2.92 bits per heavy atom. The number of hydrogen-bond donors (Lipinski definition) is 0. The van der Waals surface area contributed by atoms with Gasteiger partial charge in [-0.3, -0.25) is 4.98 Å². The zero-order chi connectivity index (χ0) is 16.7. The van der Waals surface area contributed by atoms with Gasteiger partial charge < -0.3 is 9.47 Å². The molecule has 24 heavy (non-hydrogen) atoms. The van der Waals surface area contributed by atoms with Crippen molar-refractivity contribution in [2.75, 3.05) is 6.61 Å². The molecule has 0 bridgehead atoms. The second-order valence-corrected chi connectivity index (χ2v) is 6.63. The van der Waals surface area contributed by atoms with Crippen LogP contribution in [0.5, 0.6) is 0 Å². The van der Waals surface area contributed by atoms with Crippen LogP contribution in [0.3, 0.4) is 0 Å². The lowest BCUT2D eigenvalue weighted by molar-refractivity contribution is -0.145. The summed E-state index contributed by atoms with van der Waals surface area (Å²) in [6.45, 7) is 2.49. The number of benzene rings is 1. The molecule has 1 aliphatic heterocycles. The summed E-state index contributed by atoms with van der Waals surface area (Å²) < 4.78 is 10.4. The van der Waals surface area contributed by atoms with E-state index in [0.717, 1.165) is 41.4 Å². The average Bonchev–Trinajstić information content (AvgIpc) is 2.97. The van der Waals surface area contributed by atoms with Crippen molar-refractivity contribution in [2.24, 2.45) is 5.92 Å². The molecule has 2 aromatic rings. The predicted molar refractivity (Wildman–Crippen MR) is 87.7 cm³/mol. The Hall–Kier alpha value is -2.43. The minimum Gasteiger partial charge on any atom is -0.463 e. The monoisotopic (exact) mass is 325 g/mol. The normalized spacial score (nSPS) is 23.0. The zero-order valence-corrected chi connectivity index (χ0v) is 13.6. The molecule has 1 saturated heterocycles. The van der Waals surface area contributed by atoms with Crippen molar-refractivity contribution in [2.45, 2.75) is 38.7 Å². The summed E-state index contributed by atoms with van der Waals surface area (Å²) in [6.07, 6.45) is 2.38. The highest BCUT2D eigenvalue weighted by Crippen LogP contribution is 2.32. The van der Waals surface area contributed by atoms with Gasteiger partial charge in [-0.2, -0.15) is 0 Å². The number of ether oxygens (including phenoxy) is 2. The number of carbonyl (C=O) groups is 2. The number of para-hydroxylation sites is 1. The van der Waals surface area contributed by atoms with Crippen molar-refractivity contribution in [3.8, 4) is 0 Å². The summed E-state index contributed by atoms with van der Waals surface area (Å²) in [7, 11) is 0. The molecular weight excluding hydrogens is 306 g/mol. The first-order chi connectivity index (χ1) is 11.6. The minimum atomic E-state index is -0.791. The fraction of sp³-hybridized carbons (Fsp3) is 0.421. The van der Waals surface area contributed by atoms with Crippen LogP contribution in [0.4, 0.5) is 0 Å². The van der Waals surface area contributed by atoms with Crippen LogP contribution in [0.1, 0.15) is 41.4 Å². The van der Waals surface area contributed by atoms with E-state index >= 15 is 0 Å². The Labute approximate surface area is 140 Å². The second-order valence-electron chi connectivity index (χ2n) is 6.63. The van der Waals surface area contributed by atoms with E-state index in [1.165, 1.54) is 0 Å².